The van der Waals surface area contributed by atoms with E-state index in [1.807, 2.05) is 30.6 Å². The molecule has 1 aliphatic heterocycles. The Morgan fingerprint density at radius 1 is 1.03 bits per heavy atom. The summed E-state index contributed by atoms with van der Waals surface area (Å²) in [6, 6.07) is 12.2. The van der Waals surface area contributed by atoms with Gasteiger partial charge in [-0.25, -0.2) is 4.98 Å². The summed E-state index contributed by atoms with van der Waals surface area (Å²) in [6.07, 6.45) is 6.32. The molecule has 3 heterocycles. The molecule has 6 heteroatoms. The number of hydrogen-bond donors (Lipinski definition) is 2. The summed E-state index contributed by atoms with van der Waals surface area (Å²) in [6.45, 7) is 4.10. The third-order valence-electron chi connectivity index (χ3n) is 5.62. The van der Waals surface area contributed by atoms with E-state index in [0.717, 1.165) is 46.2 Å². The van der Waals surface area contributed by atoms with Crippen LogP contribution in [0.1, 0.15) is 18.4 Å². The van der Waals surface area contributed by atoms with Gasteiger partial charge in [0.1, 0.15) is 11.6 Å². The molecule has 4 rings (SSSR count). The fourth-order valence-electron chi connectivity index (χ4n) is 3.69. The highest BCUT2D eigenvalue weighted by Crippen LogP contribution is 2.22. The highest BCUT2D eigenvalue weighted by molar-refractivity contribution is 5.83. The van der Waals surface area contributed by atoms with Crippen LogP contribution in [0.5, 0.6) is 5.75 Å². The second kappa shape index (κ2) is 9.09. The van der Waals surface area contributed by atoms with E-state index in [-0.39, 0.29) is 0 Å². The molecule has 1 aliphatic rings. The Bertz CT molecular complexity index is 936. The van der Waals surface area contributed by atoms with Gasteiger partial charge >= 0.3 is 0 Å². The first kappa shape index (κ1) is 19.5. The molecule has 29 heavy (non-hydrogen) atoms. The monoisotopic (exact) mass is 391 g/mol. The summed E-state index contributed by atoms with van der Waals surface area (Å²) in [7, 11) is 3.87. The van der Waals surface area contributed by atoms with E-state index in [1.165, 1.54) is 25.9 Å². The molecular weight excluding hydrogens is 362 g/mol. The molecule has 0 spiro atoms. The fourth-order valence-corrected chi connectivity index (χ4v) is 3.69. The molecule has 2 N–H and O–H groups in total. The summed E-state index contributed by atoms with van der Waals surface area (Å²) in [5, 5.41) is 7.98. The van der Waals surface area contributed by atoms with Crippen molar-refractivity contribution >= 4 is 22.4 Å². The lowest BCUT2D eigenvalue weighted by molar-refractivity contribution is 0.226. The van der Waals surface area contributed by atoms with Crippen molar-refractivity contribution in [3.05, 3.63) is 54.4 Å². The average molecular weight is 392 g/mol. The highest BCUT2D eigenvalue weighted by Gasteiger charge is 2.16. The van der Waals surface area contributed by atoms with Crippen molar-refractivity contribution in [2.24, 2.45) is 5.92 Å². The van der Waals surface area contributed by atoms with E-state index >= 15 is 0 Å². The van der Waals surface area contributed by atoms with Crippen LogP contribution in [-0.2, 0) is 6.54 Å². The van der Waals surface area contributed by atoms with Crippen molar-refractivity contribution in [1.82, 2.24) is 14.9 Å². The zero-order valence-corrected chi connectivity index (χ0v) is 17.2. The molecule has 0 aliphatic carbocycles. The Morgan fingerprint density at radius 2 is 1.90 bits per heavy atom. The lowest BCUT2D eigenvalue weighted by Crippen LogP contribution is -2.33. The molecule has 0 radical (unpaired) electrons. The van der Waals surface area contributed by atoms with Crippen LogP contribution in [0.15, 0.2) is 48.8 Å². The van der Waals surface area contributed by atoms with E-state index < -0.39 is 0 Å². The topological polar surface area (TPSA) is 62.3 Å². The minimum absolute atomic E-state index is 0.708. The Balaban J connectivity index is 1.30. The smallest absolute Gasteiger partial charge is 0.125 e. The number of fused-ring (bicyclic) bond motifs is 1. The van der Waals surface area contributed by atoms with Crippen molar-refractivity contribution in [2.75, 3.05) is 44.4 Å². The summed E-state index contributed by atoms with van der Waals surface area (Å²) in [5.41, 5.74) is 3.08. The Morgan fingerprint density at radius 3 is 2.66 bits per heavy atom. The molecule has 0 unspecified atom stereocenters. The number of nitrogens with zero attached hydrogens (tertiary/aromatic N) is 3. The van der Waals surface area contributed by atoms with Gasteiger partial charge in [0.05, 0.1) is 24.5 Å². The predicted molar refractivity (Wildman–Crippen MR) is 119 cm³/mol. The number of nitrogens with one attached hydrogen (secondary N) is 2. The molecule has 0 amide bonds. The van der Waals surface area contributed by atoms with E-state index in [2.05, 4.69) is 50.7 Å². The van der Waals surface area contributed by atoms with Gasteiger partial charge in [0, 0.05) is 24.7 Å². The van der Waals surface area contributed by atoms with Crippen LogP contribution in [-0.4, -0.2) is 48.7 Å². The van der Waals surface area contributed by atoms with Gasteiger partial charge in [-0.15, -0.1) is 0 Å². The second-order valence-corrected chi connectivity index (χ2v) is 7.82. The standard InChI is InChI=1S/C23H29N5O/c1-28-9-7-17(8-10-28)13-26-23-6-3-18(15-27-23)14-24-20-11-19-12-21(29-2)4-5-22(19)25-16-20/h3-6,11-12,15-17,24H,7-10,13-14H2,1-2H3,(H,26,27). The Labute approximate surface area is 172 Å². The zero-order chi connectivity index (χ0) is 20.1. The van der Waals surface area contributed by atoms with Crippen molar-refractivity contribution < 1.29 is 4.74 Å². The van der Waals surface area contributed by atoms with Crippen LogP contribution in [0, 0.1) is 5.92 Å². The van der Waals surface area contributed by atoms with E-state index in [9.17, 15) is 0 Å². The number of methoxy groups -OCH3 is 1. The summed E-state index contributed by atoms with van der Waals surface area (Å²) in [4.78, 5) is 11.5. The van der Waals surface area contributed by atoms with Gasteiger partial charge in [0.25, 0.3) is 0 Å². The van der Waals surface area contributed by atoms with E-state index in [0.29, 0.717) is 6.54 Å². The molecular formula is C23H29N5O. The van der Waals surface area contributed by atoms with E-state index in [1.54, 1.807) is 7.11 Å². The van der Waals surface area contributed by atoms with Gasteiger partial charge in [-0.1, -0.05) is 6.07 Å². The molecule has 1 aromatic carbocycles. The molecule has 152 valence electrons. The van der Waals surface area contributed by atoms with Crippen LogP contribution < -0.4 is 15.4 Å². The van der Waals surface area contributed by atoms with Crippen LogP contribution in [0.2, 0.25) is 0 Å². The molecule has 6 nitrogen and oxygen atoms in total. The first-order chi connectivity index (χ1) is 14.2. The maximum absolute atomic E-state index is 5.30. The lowest BCUT2D eigenvalue weighted by atomic mass is 9.97. The quantitative estimate of drug-likeness (QED) is 0.635. The van der Waals surface area contributed by atoms with Gasteiger partial charge in [0.15, 0.2) is 0 Å². The van der Waals surface area contributed by atoms with Gasteiger partial charge in [-0.2, -0.15) is 0 Å². The number of ether oxygens (including phenoxy) is 1. The van der Waals surface area contributed by atoms with Crippen molar-refractivity contribution in [2.45, 2.75) is 19.4 Å². The van der Waals surface area contributed by atoms with Crippen LogP contribution in [0.4, 0.5) is 11.5 Å². The molecule has 0 saturated carbocycles. The van der Waals surface area contributed by atoms with Gasteiger partial charge < -0.3 is 20.3 Å². The maximum Gasteiger partial charge on any atom is 0.125 e. The molecule has 1 saturated heterocycles. The van der Waals surface area contributed by atoms with E-state index in [4.69, 9.17) is 4.74 Å². The number of likely N-dealkylation sites (tertiary alicyclic amines) is 1. The van der Waals surface area contributed by atoms with Crippen molar-refractivity contribution in [3.63, 3.8) is 0 Å². The minimum Gasteiger partial charge on any atom is -0.497 e. The molecule has 0 atom stereocenters. The maximum atomic E-state index is 5.30. The summed E-state index contributed by atoms with van der Waals surface area (Å²) < 4.78 is 5.30. The second-order valence-electron chi connectivity index (χ2n) is 7.82. The molecule has 0 bridgehead atoms. The van der Waals surface area contributed by atoms with Gasteiger partial charge in [-0.05, 0) is 74.8 Å². The number of aromatic nitrogens is 2. The Hall–Kier alpha value is -2.86. The van der Waals surface area contributed by atoms with Crippen LogP contribution >= 0.6 is 0 Å². The van der Waals surface area contributed by atoms with Crippen LogP contribution in [0.25, 0.3) is 10.9 Å². The SMILES string of the molecule is COc1ccc2ncc(NCc3ccc(NCC4CCN(C)CC4)nc3)cc2c1. The zero-order valence-electron chi connectivity index (χ0n) is 17.2. The summed E-state index contributed by atoms with van der Waals surface area (Å²) >= 11 is 0. The third kappa shape index (κ3) is 5.15. The third-order valence-corrected chi connectivity index (χ3v) is 5.62. The minimum atomic E-state index is 0.708. The van der Waals surface area contributed by atoms with Crippen LogP contribution in [0.3, 0.4) is 0 Å². The first-order valence-electron chi connectivity index (χ1n) is 10.2. The number of anilines is 2. The fraction of sp³-hybridized carbons (Fsp3) is 0.391. The first-order valence-corrected chi connectivity index (χ1v) is 10.2. The number of benzene rings is 1. The number of pyridine rings is 2. The largest absolute Gasteiger partial charge is 0.497 e. The molecule has 3 aromatic rings. The summed E-state index contributed by atoms with van der Waals surface area (Å²) in [5.74, 6) is 2.53. The van der Waals surface area contributed by atoms with Crippen molar-refractivity contribution in [1.29, 1.82) is 0 Å². The van der Waals surface area contributed by atoms with Gasteiger partial charge in [0.2, 0.25) is 0 Å². The number of rotatable bonds is 7. The average Bonchev–Trinajstić information content (AvgIpc) is 2.77. The number of piperidine rings is 1. The predicted octanol–water partition coefficient (Wildman–Crippen LogP) is 4.00. The molecule has 1 fully saturated rings. The lowest BCUT2D eigenvalue weighted by Gasteiger charge is -2.29. The Kier molecular flexibility index (Phi) is 6.10. The van der Waals surface area contributed by atoms with Crippen molar-refractivity contribution in [3.8, 4) is 5.75 Å². The number of hydrogen-bond acceptors (Lipinski definition) is 6. The normalized spacial score (nSPS) is 15.4. The van der Waals surface area contributed by atoms with Gasteiger partial charge in [-0.3, -0.25) is 4.98 Å². The highest BCUT2D eigenvalue weighted by atomic mass is 16.5. The molecule has 2 aromatic heterocycles.